The molecule has 0 heterocycles. The Morgan fingerprint density at radius 2 is 0.976 bits per heavy atom. The summed E-state index contributed by atoms with van der Waals surface area (Å²) >= 11 is 0. The normalized spacial score (nSPS) is 16.4. The van der Waals surface area contributed by atoms with Crippen LogP contribution in [0.4, 0.5) is 0 Å². The number of aromatic hydroxyl groups is 4. The third-order valence-corrected chi connectivity index (χ3v) is 9.06. The summed E-state index contributed by atoms with van der Waals surface area (Å²) in [4.78, 5) is 22.2. The minimum atomic E-state index is 0.104. The maximum absolute atomic E-state index is 11.9. The molecule has 232 valence electrons. The van der Waals surface area contributed by atoms with Gasteiger partial charge in [-0.2, -0.15) is 9.68 Å². The van der Waals surface area contributed by atoms with Gasteiger partial charge in [0.25, 0.3) is 0 Å². The fraction of sp³-hybridized carbons (Fsp3) is 0.647. The van der Waals surface area contributed by atoms with E-state index < -0.39 is 0 Å². The Balaban J connectivity index is 1.08. The summed E-state index contributed by atoms with van der Waals surface area (Å²) in [7, 11) is 0. The average molecular weight is 585 g/mol. The van der Waals surface area contributed by atoms with Crippen molar-refractivity contribution >= 4 is 0 Å². The summed E-state index contributed by atoms with van der Waals surface area (Å²) in [5.74, 6) is 1.36. The lowest BCUT2D eigenvalue weighted by Gasteiger charge is -2.25. The first-order valence-corrected chi connectivity index (χ1v) is 16.2. The average Bonchev–Trinajstić information content (AvgIpc) is 2.97. The number of hydrogen-bond donors (Lipinski definition) is 4. The van der Waals surface area contributed by atoms with Crippen molar-refractivity contribution in [3.8, 4) is 23.0 Å². The minimum Gasteiger partial charge on any atom is -0.508 e. The van der Waals surface area contributed by atoms with Crippen molar-refractivity contribution in [2.75, 3.05) is 13.2 Å². The highest BCUT2D eigenvalue weighted by Gasteiger charge is 2.24. The van der Waals surface area contributed by atoms with Crippen LogP contribution in [0, 0.1) is 4.91 Å². The number of hydrogen-bond acceptors (Lipinski definition) is 7. The van der Waals surface area contributed by atoms with Gasteiger partial charge in [0.2, 0.25) is 0 Å². The van der Waals surface area contributed by atoms with E-state index in [4.69, 9.17) is 9.68 Å². The molecule has 0 spiro atoms. The smallest absolute Gasteiger partial charge is 0.477 e. The van der Waals surface area contributed by atoms with Crippen LogP contribution in [0.3, 0.4) is 0 Å². The summed E-state index contributed by atoms with van der Waals surface area (Å²) in [6, 6.07) is 6.49. The second-order valence-corrected chi connectivity index (χ2v) is 12.3. The first kappa shape index (κ1) is 31.8. The molecule has 4 N–H and O–H groups in total. The van der Waals surface area contributed by atoms with Crippen LogP contribution in [-0.4, -0.2) is 38.7 Å². The molecule has 2 fully saturated rings. The Bertz CT molecular complexity index is 1050. The Hall–Kier alpha value is -3.16. The second kappa shape index (κ2) is 16.5. The summed E-state index contributed by atoms with van der Waals surface area (Å²) in [6.07, 6.45) is 18.0. The molecule has 2 saturated carbocycles. The number of phenols is 4. The zero-order valence-electron chi connectivity index (χ0n) is 25.1. The summed E-state index contributed by atoms with van der Waals surface area (Å²) in [5, 5.41) is 41.3. The molecular weight excluding hydrogens is 534 g/mol. The van der Waals surface area contributed by atoms with Crippen LogP contribution in [0.25, 0.3) is 0 Å². The van der Waals surface area contributed by atoms with E-state index in [2.05, 4.69) is 0 Å². The first-order valence-electron chi connectivity index (χ1n) is 16.2. The molecule has 0 atom stereocenters. The zero-order chi connectivity index (χ0) is 29.7. The number of nitrogens with zero attached hydrogens (tertiary/aromatic N) is 1. The molecule has 2 aliphatic rings. The van der Waals surface area contributed by atoms with Crippen molar-refractivity contribution < 1.29 is 35.2 Å². The molecule has 0 aliphatic heterocycles. The lowest BCUT2D eigenvalue weighted by molar-refractivity contribution is -0.981. The van der Waals surface area contributed by atoms with Crippen molar-refractivity contribution in [3.63, 3.8) is 0 Å². The number of phenolic OH excluding ortho intramolecular Hbond substituents is 4. The first-order chi connectivity index (χ1) is 20.4. The fourth-order valence-corrected chi connectivity index (χ4v) is 7.00. The maximum Gasteiger partial charge on any atom is 0.477 e. The van der Waals surface area contributed by atoms with Crippen molar-refractivity contribution in [2.45, 2.75) is 127 Å². The number of benzene rings is 2. The van der Waals surface area contributed by atoms with Crippen LogP contribution in [0.1, 0.15) is 137 Å². The van der Waals surface area contributed by atoms with E-state index in [0.717, 1.165) is 86.5 Å². The van der Waals surface area contributed by atoms with Gasteiger partial charge in [0.05, 0.1) is 0 Å². The van der Waals surface area contributed by atoms with Crippen LogP contribution >= 0.6 is 0 Å². The lowest BCUT2D eigenvalue weighted by atomic mass is 9.80. The maximum atomic E-state index is 11.9. The van der Waals surface area contributed by atoms with Gasteiger partial charge >= 0.3 is 5.09 Å². The zero-order valence-corrected chi connectivity index (χ0v) is 25.1. The predicted molar refractivity (Wildman–Crippen MR) is 162 cm³/mol. The number of aryl methyl sites for hydroxylation is 2. The number of unbranched alkanes of at least 4 members (excludes halogenated alkanes) is 4. The molecule has 0 radical (unpaired) electrons. The quantitative estimate of drug-likeness (QED) is 0.116. The van der Waals surface area contributed by atoms with Crippen molar-refractivity contribution in [2.24, 2.45) is 0 Å². The van der Waals surface area contributed by atoms with Gasteiger partial charge in [0, 0.05) is 23.3 Å². The summed E-state index contributed by atoms with van der Waals surface area (Å²) in [6.45, 7) is 0.546. The standard InChI is InChI=1S/C34H49NO7/c36-29-21-27(33(31(38)23-29)25-13-5-1-6-14-25)17-9-3-11-19-41-35(40)42-20-12-4-10-18-28-22-30(37)24-32(39)34(28)26-15-7-2-8-16-26/h21-26H,1-20H2,(H3-,36,37,38,39)/p+1. The predicted octanol–water partition coefficient (Wildman–Crippen LogP) is 8.37. The van der Waals surface area contributed by atoms with Crippen LogP contribution in [0.2, 0.25) is 0 Å². The van der Waals surface area contributed by atoms with Crippen LogP contribution < -0.4 is 0 Å². The molecule has 2 aromatic rings. The Morgan fingerprint density at radius 3 is 1.38 bits per heavy atom. The Labute approximate surface area is 250 Å². The van der Waals surface area contributed by atoms with Gasteiger partial charge in [0.15, 0.2) is 13.2 Å². The van der Waals surface area contributed by atoms with E-state index in [9.17, 15) is 25.3 Å². The van der Waals surface area contributed by atoms with Gasteiger partial charge in [-0.1, -0.05) is 38.5 Å². The van der Waals surface area contributed by atoms with Crippen molar-refractivity contribution in [1.82, 2.24) is 0 Å². The van der Waals surface area contributed by atoms with Gasteiger partial charge in [0.1, 0.15) is 27.9 Å². The number of rotatable bonds is 16. The monoisotopic (exact) mass is 584 g/mol. The lowest BCUT2D eigenvalue weighted by Crippen LogP contribution is -2.12. The topological polar surface area (TPSA) is 119 Å². The molecular formula is C34H50NO7+. The van der Waals surface area contributed by atoms with Crippen LogP contribution in [0.5, 0.6) is 23.0 Å². The van der Waals surface area contributed by atoms with Gasteiger partial charge in [-0.25, -0.2) is 0 Å². The van der Waals surface area contributed by atoms with Gasteiger partial charge in [-0.3, -0.25) is 0 Å². The van der Waals surface area contributed by atoms with Crippen molar-refractivity contribution in [1.29, 1.82) is 0 Å². The molecule has 0 saturated heterocycles. The van der Waals surface area contributed by atoms with Gasteiger partial charge in [-0.15, -0.1) is 0 Å². The molecule has 8 nitrogen and oxygen atoms in total. The molecule has 0 amide bonds. The summed E-state index contributed by atoms with van der Waals surface area (Å²) < 4.78 is 0. The second-order valence-electron chi connectivity index (χ2n) is 12.3. The van der Waals surface area contributed by atoms with E-state index in [1.165, 1.54) is 50.7 Å². The molecule has 2 aromatic carbocycles. The highest BCUT2D eigenvalue weighted by atomic mass is 17.0. The fourth-order valence-electron chi connectivity index (χ4n) is 7.00. The van der Waals surface area contributed by atoms with Gasteiger partial charge < -0.3 is 20.4 Å². The molecule has 0 aromatic heterocycles. The minimum absolute atomic E-state index is 0.104. The molecule has 8 heteroatoms. The summed E-state index contributed by atoms with van der Waals surface area (Å²) in [5.41, 5.74) is 4.07. The molecule has 2 aliphatic carbocycles. The van der Waals surface area contributed by atoms with E-state index in [0.29, 0.717) is 24.7 Å². The van der Waals surface area contributed by atoms with E-state index >= 15 is 0 Å². The van der Waals surface area contributed by atoms with E-state index in [1.807, 2.05) is 0 Å². The molecule has 0 bridgehead atoms. The van der Waals surface area contributed by atoms with E-state index in [1.54, 1.807) is 12.1 Å². The van der Waals surface area contributed by atoms with E-state index in [-0.39, 0.29) is 41.3 Å². The largest absolute Gasteiger partial charge is 0.508 e. The highest BCUT2D eigenvalue weighted by Crippen LogP contribution is 2.42. The third-order valence-electron chi connectivity index (χ3n) is 9.06. The van der Waals surface area contributed by atoms with Gasteiger partial charge in [-0.05, 0) is 112 Å². The Kier molecular flexibility index (Phi) is 12.5. The molecule has 0 unspecified atom stereocenters. The van der Waals surface area contributed by atoms with Crippen LogP contribution in [0.15, 0.2) is 24.3 Å². The highest BCUT2D eigenvalue weighted by molar-refractivity contribution is 5.48. The third kappa shape index (κ3) is 9.43. The van der Waals surface area contributed by atoms with Crippen molar-refractivity contribution in [3.05, 3.63) is 51.4 Å². The Morgan fingerprint density at radius 1 is 0.571 bits per heavy atom. The molecule has 42 heavy (non-hydrogen) atoms. The SMILES string of the molecule is O=[N+](OCCCCCc1cc(O)cc(O)c1C1CCCCC1)OCCCCCc1cc(O)cc(O)c1C1CCCCC1. The van der Waals surface area contributed by atoms with Crippen LogP contribution in [-0.2, 0) is 22.5 Å². The molecule has 4 rings (SSSR count).